The van der Waals surface area contributed by atoms with Crippen LogP contribution in [0.5, 0.6) is 0 Å². The lowest BCUT2D eigenvalue weighted by Gasteiger charge is -2.11. The Morgan fingerprint density at radius 3 is 2.67 bits per heavy atom. The van der Waals surface area contributed by atoms with Crippen LogP contribution in [-0.2, 0) is 14.1 Å². The summed E-state index contributed by atoms with van der Waals surface area (Å²) in [4.78, 5) is 28.1. The Morgan fingerprint density at radius 2 is 2.00 bits per heavy atom. The number of aryl methyl sites for hydroxylation is 1. The molecule has 96 valence electrons. The Kier molecular flexibility index (Phi) is 3.18. The number of hydrogen-bond acceptors (Lipinski definition) is 4. The molecule has 0 atom stereocenters. The number of fused-ring (bicyclic) bond motifs is 1. The van der Waals surface area contributed by atoms with E-state index < -0.39 is 0 Å². The minimum absolute atomic E-state index is 0.320. The van der Waals surface area contributed by atoms with Gasteiger partial charge >= 0.3 is 5.69 Å². The molecule has 0 aliphatic rings. The topological polar surface area (TPSA) is 68.9 Å². The fourth-order valence-electron chi connectivity index (χ4n) is 1.89. The fraction of sp³-hybridized carbons (Fsp3) is 0.417. The molecule has 6 nitrogen and oxygen atoms in total. The molecule has 0 aromatic carbocycles. The molecule has 0 radical (unpaired) electrons. The molecule has 0 aliphatic carbocycles. The maximum atomic E-state index is 12.2. The normalized spacial score (nSPS) is 10.8. The van der Waals surface area contributed by atoms with Crippen LogP contribution in [0.3, 0.4) is 0 Å². The number of hydrogen-bond donors (Lipinski definition) is 1. The fourth-order valence-corrected chi connectivity index (χ4v) is 1.89. The summed E-state index contributed by atoms with van der Waals surface area (Å²) in [5, 5.41) is 3.64. The van der Waals surface area contributed by atoms with Crippen molar-refractivity contribution in [3.8, 4) is 0 Å². The third-order valence-corrected chi connectivity index (χ3v) is 2.91. The van der Waals surface area contributed by atoms with Crippen LogP contribution >= 0.6 is 0 Å². The van der Waals surface area contributed by atoms with Crippen LogP contribution < -0.4 is 16.6 Å². The monoisotopic (exact) mass is 248 g/mol. The maximum absolute atomic E-state index is 12.2. The highest BCUT2D eigenvalue weighted by atomic mass is 16.2. The molecule has 0 unspecified atom stereocenters. The number of nitrogens with zero attached hydrogens (tertiary/aromatic N) is 3. The molecule has 2 heterocycles. The van der Waals surface area contributed by atoms with Gasteiger partial charge in [-0.2, -0.15) is 0 Å². The molecular formula is C12H16N4O2. The Hall–Kier alpha value is -2.11. The van der Waals surface area contributed by atoms with E-state index in [2.05, 4.69) is 10.3 Å². The van der Waals surface area contributed by atoms with E-state index in [1.54, 1.807) is 19.3 Å². The molecule has 0 saturated carbocycles. The van der Waals surface area contributed by atoms with Gasteiger partial charge in [0.05, 0.1) is 5.69 Å². The van der Waals surface area contributed by atoms with Crippen molar-refractivity contribution in [3.63, 3.8) is 0 Å². The first-order valence-electron chi connectivity index (χ1n) is 5.86. The summed E-state index contributed by atoms with van der Waals surface area (Å²) in [6, 6.07) is 1.75. The zero-order chi connectivity index (χ0) is 13.3. The number of aromatic nitrogens is 3. The van der Waals surface area contributed by atoms with Crippen molar-refractivity contribution in [1.29, 1.82) is 0 Å². The van der Waals surface area contributed by atoms with E-state index >= 15 is 0 Å². The lowest BCUT2D eigenvalue weighted by atomic mass is 10.2. The first-order valence-corrected chi connectivity index (χ1v) is 5.86. The van der Waals surface area contributed by atoms with Gasteiger partial charge in [0.1, 0.15) is 5.39 Å². The van der Waals surface area contributed by atoms with Gasteiger partial charge in [-0.1, -0.05) is 6.92 Å². The Balaban J connectivity index is 2.84. The number of rotatable bonds is 3. The van der Waals surface area contributed by atoms with Gasteiger partial charge in [0.2, 0.25) is 0 Å². The van der Waals surface area contributed by atoms with E-state index in [1.807, 2.05) is 6.92 Å². The Bertz CT molecular complexity index is 700. The van der Waals surface area contributed by atoms with Crippen molar-refractivity contribution in [3.05, 3.63) is 33.1 Å². The van der Waals surface area contributed by atoms with E-state index in [0.29, 0.717) is 11.0 Å². The number of anilines is 1. The van der Waals surface area contributed by atoms with E-state index in [4.69, 9.17) is 0 Å². The summed E-state index contributed by atoms with van der Waals surface area (Å²) in [7, 11) is 3.08. The Labute approximate surface area is 104 Å². The largest absolute Gasteiger partial charge is 0.384 e. The molecule has 0 saturated heterocycles. The molecular weight excluding hydrogens is 232 g/mol. The lowest BCUT2D eigenvalue weighted by molar-refractivity contribution is 0.708. The summed E-state index contributed by atoms with van der Waals surface area (Å²) in [5.74, 6) is 0. The van der Waals surface area contributed by atoms with Crippen molar-refractivity contribution >= 4 is 16.7 Å². The van der Waals surface area contributed by atoms with Crippen LogP contribution in [0.25, 0.3) is 11.0 Å². The van der Waals surface area contributed by atoms with Gasteiger partial charge in [-0.25, -0.2) is 9.78 Å². The maximum Gasteiger partial charge on any atom is 0.332 e. The van der Waals surface area contributed by atoms with Crippen LogP contribution in [0.1, 0.15) is 13.3 Å². The van der Waals surface area contributed by atoms with Gasteiger partial charge in [0, 0.05) is 26.8 Å². The van der Waals surface area contributed by atoms with Gasteiger partial charge < -0.3 is 5.32 Å². The van der Waals surface area contributed by atoms with Crippen molar-refractivity contribution in [2.75, 3.05) is 11.9 Å². The molecule has 1 N–H and O–H groups in total. The average Bonchev–Trinajstić information content (AvgIpc) is 2.40. The van der Waals surface area contributed by atoms with E-state index in [9.17, 15) is 9.59 Å². The van der Waals surface area contributed by atoms with Crippen LogP contribution in [0.2, 0.25) is 0 Å². The smallest absolute Gasteiger partial charge is 0.332 e. The highest BCUT2D eigenvalue weighted by Crippen LogP contribution is 2.15. The first-order chi connectivity index (χ1) is 8.57. The quantitative estimate of drug-likeness (QED) is 0.856. The molecule has 0 amide bonds. The van der Waals surface area contributed by atoms with Crippen molar-refractivity contribution < 1.29 is 0 Å². The third kappa shape index (κ3) is 1.79. The van der Waals surface area contributed by atoms with E-state index in [-0.39, 0.29) is 11.2 Å². The summed E-state index contributed by atoms with van der Waals surface area (Å²) in [6.45, 7) is 2.81. The summed E-state index contributed by atoms with van der Waals surface area (Å²) >= 11 is 0. The highest BCUT2D eigenvalue weighted by Gasteiger charge is 2.12. The molecule has 2 aromatic heterocycles. The first kappa shape index (κ1) is 12.3. The molecule has 0 aliphatic heterocycles. The standard InChI is InChI=1S/C12H16N4O2/c1-4-6-13-8-5-7-14-10-9(8)11(17)16(3)12(18)15(10)2/h5,7H,4,6H2,1-3H3,(H,13,14). The third-order valence-electron chi connectivity index (χ3n) is 2.91. The second kappa shape index (κ2) is 4.64. The van der Waals surface area contributed by atoms with E-state index in [0.717, 1.165) is 23.2 Å². The van der Waals surface area contributed by atoms with Gasteiger partial charge in [-0.3, -0.25) is 13.9 Å². The molecule has 18 heavy (non-hydrogen) atoms. The predicted molar refractivity (Wildman–Crippen MR) is 71.0 cm³/mol. The van der Waals surface area contributed by atoms with Gasteiger partial charge in [-0.15, -0.1) is 0 Å². The highest BCUT2D eigenvalue weighted by molar-refractivity contribution is 5.87. The van der Waals surface area contributed by atoms with Gasteiger partial charge in [0.25, 0.3) is 5.56 Å². The molecule has 2 rings (SSSR count). The van der Waals surface area contributed by atoms with Crippen LogP contribution in [-0.4, -0.2) is 20.7 Å². The summed E-state index contributed by atoms with van der Waals surface area (Å²) < 4.78 is 2.48. The minimum atomic E-state index is -0.368. The van der Waals surface area contributed by atoms with Crippen LogP contribution in [0.4, 0.5) is 5.69 Å². The van der Waals surface area contributed by atoms with Crippen molar-refractivity contribution in [2.45, 2.75) is 13.3 Å². The SMILES string of the molecule is CCCNc1ccnc2c1c(=O)n(C)c(=O)n2C. The van der Waals surface area contributed by atoms with Crippen LogP contribution in [0.15, 0.2) is 21.9 Å². The summed E-state index contributed by atoms with van der Waals surface area (Å²) in [5.41, 5.74) is 0.440. The van der Waals surface area contributed by atoms with E-state index in [1.165, 1.54) is 11.6 Å². The molecule has 0 bridgehead atoms. The second-order valence-electron chi connectivity index (χ2n) is 4.19. The number of pyridine rings is 1. The van der Waals surface area contributed by atoms with Gasteiger partial charge in [0.15, 0.2) is 5.65 Å². The zero-order valence-electron chi connectivity index (χ0n) is 10.7. The molecule has 6 heteroatoms. The lowest BCUT2D eigenvalue weighted by Crippen LogP contribution is -2.37. The molecule has 2 aromatic rings. The van der Waals surface area contributed by atoms with Crippen molar-refractivity contribution in [2.24, 2.45) is 14.1 Å². The Morgan fingerprint density at radius 1 is 1.28 bits per heavy atom. The van der Waals surface area contributed by atoms with Gasteiger partial charge in [-0.05, 0) is 12.5 Å². The average molecular weight is 248 g/mol. The van der Waals surface area contributed by atoms with Crippen molar-refractivity contribution in [1.82, 2.24) is 14.1 Å². The second-order valence-corrected chi connectivity index (χ2v) is 4.19. The molecule has 0 fully saturated rings. The number of nitrogens with one attached hydrogen (secondary N) is 1. The predicted octanol–water partition coefficient (Wildman–Crippen LogP) is 0.454. The van der Waals surface area contributed by atoms with Crippen LogP contribution in [0, 0.1) is 0 Å². The zero-order valence-corrected chi connectivity index (χ0v) is 10.7. The molecule has 0 spiro atoms. The summed E-state index contributed by atoms with van der Waals surface area (Å²) in [6.07, 6.45) is 2.55. The minimum Gasteiger partial charge on any atom is -0.384 e.